The molecule has 6 heteroatoms. The molecule has 0 aliphatic carbocycles. The summed E-state index contributed by atoms with van der Waals surface area (Å²) in [7, 11) is 1.86. The fourth-order valence-electron chi connectivity index (χ4n) is 3.55. The quantitative estimate of drug-likeness (QED) is 0.311. The van der Waals surface area contributed by atoms with Gasteiger partial charge in [-0.1, -0.05) is 24.3 Å². The average molecular weight is 470 g/mol. The van der Waals surface area contributed by atoms with Gasteiger partial charge in [-0.3, -0.25) is 9.89 Å². The molecule has 0 bridgehead atoms. The van der Waals surface area contributed by atoms with Crippen LogP contribution in [0.25, 0.3) is 0 Å². The predicted octanol–water partition coefficient (Wildman–Crippen LogP) is 2.90. The van der Waals surface area contributed by atoms with Crippen molar-refractivity contribution in [1.29, 1.82) is 0 Å². The molecule has 1 aromatic rings. The Kier molecular flexibility index (Phi) is 8.21. The van der Waals surface area contributed by atoms with E-state index < -0.39 is 0 Å². The second-order valence-corrected chi connectivity index (χ2v) is 6.99. The largest absolute Gasteiger partial charge is 0.489 e. The number of aryl methyl sites for hydroxylation is 1. The Bertz CT molecular complexity index is 626. The molecule has 0 amide bonds. The van der Waals surface area contributed by atoms with Gasteiger partial charge in [-0.25, -0.2) is 0 Å². The van der Waals surface area contributed by atoms with Crippen LogP contribution in [-0.4, -0.2) is 67.7 Å². The van der Waals surface area contributed by atoms with Gasteiger partial charge in [-0.15, -0.1) is 24.0 Å². The molecule has 5 nitrogen and oxygen atoms in total. The van der Waals surface area contributed by atoms with E-state index in [0.29, 0.717) is 6.04 Å². The summed E-state index contributed by atoms with van der Waals surface area (Å²) in [6, 6.07) is 8.82. The minimum Gasteiger partial charge on any atom is -0.489 e. The fourth-order valence-corrected chi connectivity index (χ4v) is 3.55. The normalized spacial score (nSPS) is 21.6. The molecule has 0 spiro atoms. The summed E-state index contributed by atoms with van der Waals surface area (Å²) in [5.74, 6) is 1.90. The highest BCUT2D eigenvalue weighted by molar-refractivity contribution is 14.0. The van der Waals surface area contributed by atoms with Crippen molar-refractivity contribution >= 4 is 29.9 Å². The van der Waals surface area contributed by atoms with E-state index in [1.165, 1.54) is 12.0 Å². The molecule has 0 radical (unpaired) electrons. The highest BCUT2D eigenvalue weighted by atomic mass is 127. The van der Waals surface area contributed by atoms with Crippen molar-refractivity contribution < 1.29 is 4.74 Å². The van der Waals surface area contributed by atoms with Crippen molar-refractivity contribution in [3.63, 3.8) is 0 Å². The maximum absolute atomic E-state index is 6.00. The first kappa shape index (κ1) is 21.0. The van der Waals surface area contributed by atoms with Gasteiger partial charge in [0.2, 0.25) is 0 Å². The lowest BCUT2D eigenvalue weighted by Gasteiger charge is -2.26. The van der Waals surface area contributed by atoms with Crippen LogP contribution in [0.3, 0.4) is 0 Å². The van der Waals surface area contributed by atoms with Gasteiger partial charge in [0.05, 0.1) is 6.54 Å². The topological polar surface area (TPSA) is 40.1 Å². The molecule has 2 atom stereocenters. The van der Waals surface area contributed by atoms with Gasteiger partial charge in [0.25, 0.3) is 0 Å². The summed E-state index contributed by atoms with van der Waals surface area (Å²) < 4.78 is 6.00. The van der Waals surface area contributed by atoms with Crippen molar-refractivity contribution in [3.05, 3.63) is 42.0 Å². The molecule has 1 saturated heterocycles. The van der Waals surface area contributed by atoms with Crippen LogP contribution in [0.4, 0.5) is 0 Å². The van der Waals surface area contributed by atoms with E-state index in [0.717, 1.165) is 44.4 Å². The van der Waals surface area contributed by atoms with E-state index in [1.54, 1.807) is 0 Å². The number of likely N-dealkylation sites (tertiary alicyclic amines) is 1. The maximum atomic E-state index is 6.00. The number of benzene rings is 1. The van der Waals surface area contributed by atoms with Crippen LogP contribution in [0.5, 0.6) is 5.75 Å². The van der Waals surface area contributed by atoms with Crippen LogP contribution >= 0.6 is 24.0 Å². The number of hydrogen-bond acceptors (Lipinski definition) is 3. The zero-order valence-electron chi connectivity index (χ0n) is 16.0. The summed E-state index contributed by atoms with van der Waals surface area (Å²) in [5.41, 5.74) is 1.22. The van der Waals surface area contributed by atoms with Gasteiger partial charge >= 0.3 is 0 Å². The highest BCUT2D eigenvalue weighted by Gasteiger charge is 2.29. The van der Waals surface area contributed by atoms with Gasteiger partial charge in [0.15, 0.2) is 5.96 Å². The second-order valence-electron chi connectivity index (χ2n) is 6.99. The number of hydrogen-bond donors (Lipinski definition) is 1. The summed E-state index contributed by atoms with van der Waals surface area (Å²) >= 11 is 0. The molecular weight excluding hydrogens is 439 g/mol. The molecule has 3 rings (SSSR count). The number of halogens is 1. The van der Waals surface area contributed by atoms with Crippen LogP contribution in [0.1, 0.15) is 18.9 Å². The van der Waals surface area contributed by atoms with E-state index in [-0.39, 0.29) is 30.1 Å². The Hall–Kier alpha value is -1.28. The van der Waals surface area contributed by atoms with Crippen molar-refractivity contribution in [3.8, 4) is 5.75 Å². The monoisotopic (exact) mass is 470 g/mol. The zero-order valence-corrected chi connectivity index (χ0v) is 18.3. The van der Waals surface area contributed by atoms with Crippen molar-refractivity contribution in [1.82, 2.24) is 15.1 Å². The van der Waals surface area contributed by atoms with E-state index in [2.05, 4.69) is 58.2 Å². The lowest BCUT2D eigenvalue weighted by molar-refractivity contribution is 0.221. The van der Waals surface area contributed by atoms with Gasteiger partial charge in [-0.05, 0) is 38.0 Å². The zero-order chi connectivity index (χ0) is 17.6. The van der Waals surface area contributed by atoms with Crippen LogP contribution in [-0.2, 0) is 0 Å². The number of guanidine groups is 1. The minimum absolute atomic E-state index is 0. The average Bonchev–Trinajstić information content (AvgIpc) is 3.27. The third kappa shape index (κ3) is 5.61. The Balaban J connectivity index is 0.00000243. The van der Waals surface area contributed by atoms with Crippen LogP contribution in [0, 0.1) is 6.92 Å². The third-order valence-electron chi connectivity index (χ3n) is 4.91. The fraction of sp³-hybridized carbons (Fsp3) is 0.550. The molecule has 0 aromatic heterocycles. The molecule has 144 valence electrons. The molecule has 0 saturated carbocycles. The van der Waals surface area contributed by atoms with Gasteiger partial charge in [-0.2, -0.15) is 0 Å². The van der Waals surface area contributed by atoms with Crippen molar-refractivity contribution in [2.45, 2.75) is 32.4 Å². The maximum Gasteiger partial charge on any atom is 0.193 e. The van der Waals surface area contributed by atoms with Crippen LogP contribution in [0.15, 0.2) is 41.4 Å². The number of ether oxygens (including phenoxy) is 1. The van der Waals surface area contributed by atoms with E-state index >= 15 is 0 Å². The van der Waals surface area contributed by atoms with Crippen molar-refractivity contribution in [2.24, 2.45) is 4.99 Å². The Morgan fingerprint density at radius 2 is 2.12 bits per heavy atom. The first-order valence-corrected chi connectivity index (χ1v) is 9.23. The summed E-state index contributed by atoms with van der Waals surface area (Å²) in [5, 5.41) is 3.47. The number of nitrogens with zero attached hydrogens (tertiary/aromatic N) is 3. The van der Waals surface area contributed by atoms with Gasteiger partial charge in [0.1, 0.15) is 11.9 Å². The minimum atomic E-state index is 0. The molecule has 1 aromatic carbocycles. The van der Waals surface area contributed by atoms with Gasteiger partial charge in [0, 0.05) is 39.3 Å². The summed E-state index contributed by atoms with van der Waals surface area (Å²) in [6.45, 7) is 9.20. The van der Waals surface area contributed by atoms with Crippen molar-refractivity contribution in [2.75, 3.05) is 39.8 Å². The summed E-state index contributed by atoms with van der Waals surface area (Å²) in [6.07, 6.45) is 5.82. The van der Waals surface area contributed by atoms with E-state index in [9.17, 15) is 0 Å². The van der Waals surface area contributed by atoms with Gasteiger partial charge < -0.3 is 15.0 Å². The second kappa shape index (κ2) is 10.2. The Labute approximate surface area is 174 Å². The lowest BCUT2D eigenvalue weighted by atomic mass is 10.2. The number of aliphatic imine (C=N–C) groups is 1. The molecule has 1 N–H and O–H groups in total. The van der Waals surface area contributed by atoms with Crippen LogP contribution in [0.2, 0.25) is 0 Å². The smallest absolute Gasteiger partial charge is 0.193 e. The SMILES string of the molecule is CN=C(NCC(C)Oc1cccc(C)c1)N1CCC(N2CC=CC2)C1.I. The molecule has 2 aliphatic rings. The molecule has 2 unspecified atom stereocenters. The third-order valence-corrected chi connectivity index (χ3v) is 4.91. The highest BCUT2D eigenvalue weighted by Crippen LogP contribution is 2.18. The van der Waals surface area contributed by atoms with Crippen LogP contribution < -0.4 is 10.1 Å². The number of nitrogens with one attached hydrogen (secondary N) is 1. The lowest BCUT2D eigenvalue weighted by Crippen LogP contribution is -2.45. The first-order chi connectivity index (χ1) is 12.2. The molecule has 2 heterocycles. The standard InChI is InChI=1S/C20H30N4O.HI/c1-16-7-6-8-19(13-16)25-17(2)14-22-20(21-3)24-12-9-18(15-24)23-10-4-5-11-23;/h4-8,13,17-18H,9-12,14-15H2,1-3H3,(H,21,22);1H. The first-order valence-electron chi connectivity index (χ1n) is 9.23. The summed E-state index contributed by atoms with van der Waals surface area (Å²) in [4.78, 5) is 9.37. The molecule has 1 fully saturated rings. The number of rotatable bonds is 5. The Morgan fingerprint density at radius 3 is 2.81 bits per heavy atom. The van der Waals surface area contributed by atoms with E-state index in [4.69, 9.17) is 4.74 Å². The predicted molar refractivity (Wildman–Crippen MR) is 119 cm³/mol. The molecule has 2 aliphatic heterocycles. The Morgan fingerprint density at radius 1 is 1.35 bits per heavy atom. The molecular formula is C20H31IN4O. The van der Waals surface area contributed by atoms with E-state index in [1.807, 2.05) is 19.2 Å². The molecule has 26 heavy (non-hydrogen) atoms.